The van der Waals surface area contributed by atoms with E-state index in [9.17, 15) is 0 Å². The Morgan fingerprint density at radius 2 is 1.68 bits per heavy atom. The highest BCUT2D eigenvalue weighted by atomic mass is 35.5. The summed E-state index contributed by atoms with van der Waals surface area (Å²) in [6, 6.07) is 20.4. The number of nitrogens with one attached hydrogen (secondary N) is 1. The van der Waals surface area contributed by atoms with E-state index in [1.807, 2.05) is 30.3 Å². The average molecular weight is 312 g/mol. The SMILES string of the molecule is COc1ccc2ccccc2c1CNCc1ccccc1Cl. The summed E-state index contributed by atoms with van der Waals surface area (Å²) in [5, 5.41) is 6.69. The fraction of sp³-hybridized carbons (Fsp3) is 0.158. The highest BCUT2D eigenvalue weighted by molar-refractivity contribution is 6.31. The molecule has 1 N–H and O–H groups in total. The Labute approximate surface area is 135 Å². The maximum absolute atomic E-state index is 6.19. The van der Waals surface area contributed by atoms with Crippen molar-refractivity contribution < 1.29 is 4.74 Å². The highest BCUT2D eigenvalue weighted by Gasteiger charge is 2.08. The van der Waals surface area contributed by atoms with Gasteiger partial charge in [-0.25, -0.2) is 0 Å². The normalized spacial score (nSPS) is 10.8. The molecule has 0 heterocycles. The molecular weight excluding hydrogens is 294 g/mol. The minimum atomic E-state index is 0.728. The van der Waals surface area contributed by atoms with Crippen LogP contribution in [0.25, 0.3) is 10.8 Å². The number of fused-ring (bicyclic) bond motifs is 1. The van der Waals surface area contributed by atoms with E-state index >= 15 is 0 Å². The van der Waals surface area contributed by atoms with E-state index in [0.717, 1.165) is 29.4 Å². The van der Waals surface area contributed by atoms with Crippen molar-refractivity contribution >= 4 is 22.4 Å². The molecule has 0 bridgehead atoms. The van der Waals surface area contributed by atoms with Crippen molar-refractivity contribution in [2.45, 2.75) is 13.1 Å². The lowest BCUT2D eigenvalue weighted by Crippen LogP contribution is -2.14. The molecule has 0 aliphatic carbocycles. The van der Waals surface area contributed by atoms with Gasteiger partial charge in [-0.05, 0) is 28.5 Å². The zero-order chi connectivity index (χ0) is 15.4. The molecule has 3 aromatic carbocycles. The van der Waals surface area contributed by atoms with Gasteiger partial charge < -0.3 is 10.1 Å². The zero-order valence-electron chi connectivity index (χ0n) is 12.5. The van der Waals surface area contributed by atoms with Gasteiger partial charge in [0.05, 0.1) is 7.11 Å². The Morgan fingerprint density at radius 1 is 0.909 bits per heavy atom. The Balaban J connectivity index is 1.82. The number of benzene rings is 3. The van der Waals surface area contributed by atoms with Gasteiger partial charge in [-0.15, -0.1) is 0 Å². The number of hydrogen-bond acceptors (Lipinski definition) is 2. The van der Waals surface area contributed by atoms with Crippen LogP contribution in [0.4, 0.5) is 0 Å². The first-order valence-corrected chi connectivity index (χ1v) is 7.66. The third kappa shape index (κ3) is 3.08. The molecule has 0 radical (unpaired) electrons. The molecule has 0 aliphatic heterocycles. The molecule has 0 atom stereocenters. The molecule has 3 rings (SSSR count). The molecule has 0 saturated heterocycles. The van der Waals surface area contributed by atoms with Crippen LogP contribution in [0.3, 0.4) is 0 Å². The maximum atomic E-state index is 6.19. The van der Waals surface area contributed by atoms with Crippen LogP contribution in [-0.2, 0) is 13.1 Å². The molecule has 0 spiro atoms. The van der Waals surface area contributed by atoms with Crippen LogP contribution >= 0.6 is 11.6 Å². The minimum Gasteiger partial charge on any atom is -0.496 e. The monoisotopic (exact) mass is 311 g/mol. The van der Waals surface area contributed by atoms with Gasteiger partial charge in [-0.3, -0.25) is 0 Å². The smallest absolute Gasteiger partial charge is 0.123 e. The van der Waals surface area contributed by atoms with Crippen LogP contribution in [0.1, 0.15) is 11.1 Å². The number of hydrogen-bond donors (Lipinski definition) is 1. The number of ether oxygens (including phenoxy) is 1. The molecule has 22 heavy (non-hydrogen) atoms. The molecule has 0 aliphatic rings. The molecular formula is C19H18ClNO. The van der Waals surface area contributed by atoms with E-state index in [4.69, 9.17) is 16.3 Å². The zero-order valence-corrected chi connectivity index (χ0v) is 13.2. The topological polar surface area (TPSA) is 21.3 Å². The second-order valence-corrected chi connectivity index (χ2v) is 5.57. The molecule has 3 aromatic rings. The van der Waals surface area contributed by atoms with Crippen molar-refractivity contribution in [3.63, 3.8) is 0 Å². The third-order valence-corrected chi connectivity index (χ3v) is 4.16. The van der Waals surface area contributed by atoms with Gasteiger partial charge in [0, 0.05) is 23.7 Å². The van der Waals surface area contributed by atoms with Crippen LogP contribution in [0.5, 0.6) is 5.75 Å². The first-order valence-electron chi connectivity index (χ1n) is 7.28. The molecule has 112 valence electrons. The molecule has 0 fully saturated rings. The quantitative estimate of drug-likeness (QED) is 0.731. The third-order valence-electron chi connectivity index (χ3n) is 3.79. The van der Waals surface area contributed by atoms with Crippen molar-refractivity contribution in [1.29, 1.82) is 0 Å². The molecule has 0 aromatic heterocycles. The Bertz CT molecular complexity index is 785. The van der Waals surface area contributed by atoms with Gasteiger partial charge in [0.1, 0.15) is 5.75 Å². The van der Waals surface area contributed by atoms with Crippen LogP contribution in [0.15, 0.2) is 60.7 Å². The van der Waals surface area contributed by atoms with Crippen molar-refractivity contribution in [2.75, 3.05) is 7.11 Å². The van der Waals surface area contributed by atoms with Gasteiger partial charge in [-0.2, -0.15) is 0 Å². The first-order chi connectivity index (χ1) is 10.8. The summed E-state index contributed by atoms with van der Waals surface area (Å²) < 4.78 is 5.51. The van der Waals surface area contributed by atoms with Crippen molar-refractivity contribution in [3.8, 4) is 5.75 Å². The molecule has 0 unspecified atom stereocenters. The van der Waals surface area contributed by atoms with Crippen LogP contribution in [0, 0.1) is 0 Å². The fourth-order valence-corrected chi connectivity index (χ4v) is 2.86. The molecule has 3 heteroatoms. The summed E-state index contributed by atoms with van der Waals surface area (Å²) in [5.41, 5.74) is 2.27. The van der Waals surface area contributed by atoms with E-state index in [-0.39, 0.29) is 0 Å². The minimum absolute atomic E-state index is 0.728. The van der Waals surface area contributed by atoms with E-state index in [0.29, 0.717) is 0 Å². The standard InChI is InChI=1S/C19H18ClNO/c1-22-19-11-10-14-6-2-4-8-16(14)17(19)13-21-12-15-7-3-5-9-18(15)20/h2-11,21H,12-13H2,1H3. The summed E-state index contributed by atoms with van der Waals surface area (Å²) in [4.78, 5) is 0. The lowest BCUT2D eigenvalue weighted by atomic mass is 10.0. The van der Waals surface area contributed by atoms with Crippen molar-refractivity contribution in [2.24, 2.45) is 0 Å². The van der Waals surface area contributed by atoms with E-state index in [2.05, 4.69) is 35.6 Å². The van der Waals surface area contributed by atoms with Gasteiger partial charge in [0.2, 0.25) is 0 Å². The fourth-order valence-electron chi connectivity index (χ4n) is 2.65. The summed E-state index contributed by atoms with van der Waals surface area (Å²) in [7, 11) is 1.71. The predicted molar refractivity (Wildman–Crippen MR) is 92.5 cm³/mol. The largest absolute Gasteiger partial charge is 0.496 e. The average Bonchev–Trinajstić information content (AvgIpc) is 2.56. The Hall–Kier alpha value is -2.03. The number of methoxy groups -OCH3 is 1. The second kappa shape index (κ2) is 6.82. The van der Waals surface area contributed by atoms with Crippen LogP contribution < -0.4 is 10.1 Å². The highest BCUT2D eigenvalue weighted by Crippen LogP contribution is 2.28. The van der Waals surface area contributed by atoms with Crippen molar-refractivity contribution in [3.05, 3.63) is 76.8 Å². The van der Waals surface area contributed by atoms with Crippen LogP contribution in [-0.4, -0.2) is 7.11 Å². The summed E-state index contributed by atoms with van der Waals surface area (Å²) in [6.45, 7) is 1.46. The lowest BCUT2D eigenvalue weighted by Gasteiger charge is -2.13. The van der Waals surface area contributed by atoms with Gasteiger partial charge in [0.25, 0.3) is 0 Å². The number of rotatable bonds is 5. The lowest BCUT2D eigenvalue weighted by molar-refractivity contribution is 0.408. The summed E-state index contributed by atoms with van der Waals surface area (Å²) in [6.07, 6.45) is 0. The molecule has 0 saturated carbocycles. The Kier molecular flexibility index (Phi) is 4.62. The maximum Gasteiger partial charge on any atom is 0.123 e. The molecule has 0 amide bonds. The van der Waals surface area contributed by atoms with E-state index in [1.54, 1.807) is 7.11 Å². The van der Waals surface area contributed by atoms with Gasteiger partial charge >= 0.3 is 0 Å². The van der Waals surface area contributed by atoms with Crippen LogP contribution in [0.2, 0.25) is 5.02 Å². The van der Waals surface area contributed by atoms with Gasteiger partial charge in [0.15, 0.2) is 0 Å². The Morgan fingerprint density at radius 3 is 2.50 bits per heavy atom. The summed E-state index contributed by atoms with van der Waals surface area (Å²) >= 11 is 6.19. The predicted octanol–water partition coefficient (Wildman–Crippen LogP) is 4.79. The van der Waals surface area contributed by atoms with E-state index in [1.165, 1.54) is 16.3 Å². The summed E-state index contributed by atoms with van der Waals surface area (Å²) in [5.74, 6) is 0.908. The van der Waals surface area contributed by atoms with E-state index < -0.39 is 0 Å². The van der Waals surface area contributed by atoms with Crippen molar-refractivity contribution in [1.82, 2.24) is 5.32 Å². The first kappa shape index (κ1) is 14.9. The number of halogens is 1. The van der Waals surface area contributed by atoms with Gasteiger partial charge in [-0.1, -0.05) is 60.1 Å². The molecule has 2 nitrogen and oxygen atoms in total. The second-order valence-electron chi connectivity index (χ2n) is 5.16.